The monoisotopic (exact) mass is 314 g/mol. The van der Waals surface area contributed by atoms with E-state index < -0.39 is 0 Å². The molecule has 20 heavy (non-hydrogen) atoms. The summed E-state index contributed by atoms with van der Waals surface area (Å²) < 4.78 is 11.4. The molecule has 1 saturated carbocycles. The molecule has 2 nitrogen and oxygen atoms in total. The quantitative estimate of drug-likeness (QED) is 0.684. The van der Waals surface area contributed by atoms with Crippen molar-refractivity contribution >= 4 is 23.2 Å². The van der Waals surface area contributed by atoms with Crippen molar-refractivity contribution in [2.45, 2.75) is 44.4 Å². The highest BCUT2D eigenvalue weighted by atomic mass is 35.5. The van der Waals surface area contributed by atoms with E-state index in [1.54, 1.807) is 0 Å². The number of benzene rings is 1. The Hall–Kier alpha value is -0.600. The number of ether oxygens (including phenoxy) is 2. The van der Waals surface area contributed by atoms with E-state index in [1.165, 1.54) is 12.8 Å². The maximum absolute atomic E-state index is 6.76. The highest BCUT2D eigenvalue weighted by Gasteiger charge is 2.38. The van der Waals surface area contributed by atoms with Crippen LogP contribution in [-0.4, -0.2) is 13.2 Å². The molecule has 1 unspecified atom stereocenters. The predicted molar refractivity (Wildman–Crippen MR) is 82.2 cm³/mol. The van der Waals surface area contributed by atoms with Crippen molar-refractivity contribution < 1.29 is 9.47 Å². The van der Waals surface area contributed by atoms with E-state index in [1.807, 2.05) is 12.1 Å². The van der Waals surface area contributed by atoms with Gasteiger partial charge in [0.25, 0.3) is 0 Å². The number of rotatable bonds is 2. The molecule has 110 valence electrons. The summed E-state index contributed by atoms with van der Waals surface area (Å²) in [5.41, 5.74) is 1.10. The van der Waals surface area contributed by atoms with Crippen LogP contribution >= 0.6 is 23.2 Å². The summed E-state index contributed by atoms with van der Waals surface area (Å²) in [5.74, 6) is 1.51. The number of halogens is 2. The first-order chi connectivity index (χ1) is 9.60. The topological polar surface area (TPSA) is 18.5 Å². The summed E-state index contributed by atoms with van der Waals surface area (Å²) in [6.07, 6.45) is 5.71. The summed E-state index contributed by atoms with van der Waals surface area (Å²) >= 11 is 13.2. The zero-order chi connectivity index (χ0) is 14.2. The molecule has 2 aliphatic rings. The second kappa shape index (κ2) is 5.65. The Bertz CT molecular complexity index is 495. The number of alkyl halides is 1. The van der Waals surface area contributed by atoms with Gasteiger partial charge in [0, 0.05) is 17.5 Å². The molecule has 1 aliphatic carbocycles. The number of hydrogen-bond acceptors (Lipinski definition) is 2. The molecular weight excluding hydrogens is 295 g/mol. The van der Waals surface area contributed by atoms with E-state index in [4.69, 9.17) is 32.7 Å². The van der Waals surface area contributed by atoms with E-state index in [-0.39, 0.29) is 10.8 Å². The molecule has 1 fully saturated rings. The molecule has 0 saturated heterocycles. The minimum atomic E-state index is -0.0744. The van der Waals surface area contributed by atoms with Crippen LogP contribution in [0, 0.1) is 5.41 Å². The fourth-order valence-corrected chi connectivity index (χ4v) is 3.92. The van der Waals surface area contributed by atoms with E-state index in [0.717, 1.165) is 36.3 Å². The molecule has 0 radical (unpaired) electrons. The average molecular weight is 315 g/mol. The Kier molecular flexibility index (Phi) is 4.05. The predicted octanol–water partition coefficient (Wildman–Crippen LogP) is 5.36. The third kappa shape index (κ3) is 2.60. The smallest absolute Gasteiger partial charge is 0.162 e. The van der Waals surface area contributed by atoms with Crippen molar-refractivity contribution in [3.8, 4) is 11.5 Å². The molecule has 3 rings (SSSR count). The number of fused-ring (bicyclic) bond motifs is 1. The van der Waals surface area contributed by atoms with Crippen LogP contribution in [-0.2, 0) is 0 Å². The van der Waals surface area contributed by atoms with Crippen LogP contribution in [0.15, 0.2) is 12.1 Å². The van der Waals surface area contributed by atoms with Gasteiger partial charge in [-0.15, -0.1) is 11.6 Å². The van der Waals surface area contributed by atoms with E-state index >= 15 is 0 Å². The lowest BCUT2D eigenvalue weighted by Crippen LogP contribution is -2.18. The lowest BCUT2D eigenvalue weighted by Gasteiger charge is -2.30. The van der Waals surface area contributed by atoms with Gasteiger partial charge in [0.2, 0.25) is 0 Å². The van der Waals surface area contributed by atoms with Crippen molar-refractivity contribution in [1.82, 2.24) is 0 Å². The van der Waals surface area contributed by atoms with Crippen molar-refractivity contribution in [3.63, 3.8) is 0 Å². The van der Waals surface area contributed by atoms with Crippen molar-refractivity contribution in [2.24, 2.45) is 5.41 Å². The van der Waals surface area contributed by atoms with Crippen LogP contribution in [0.2, 0.25) is 5.02 Å². The average Bonchev–Trinajstić information content (AvgIpc) is 2.75. The molecule has 4 heteroatoms. The maximum Gasteiger partial charge on any atom is 0.162 e. The summed E-state index contributed by atoms with van der Waals surface area (Å²) in [5, 5.41) is 0.608. The molecule has 0 spiro atoms. The molecule has 0 aromatic heterocycles. The van der Waals surface area contributed by atoms with Crippen LogP contribution in [0.5, 0.6) is 11.5 Å². The van der Waals surface area contributed by atoms with Crippen molar-refractivity contribution in [1.29, 1.82) is 0 Å². The Labute approximate surface area is 130 Å². The van der Waals surface area contributed by atoms with Crippen LogP contribution in [0.3, 0.4) is 0 Å². The van der Waals surface area contributed by atoms with Gasteiger partial charge in [0.1, 0.15) is 0 Å². The van der Waals surface area contributed by atoms with Crippen LogP contribution in [0.4, 0.5) is 0 Å². The standard InChI is InChI=1S/C16H20Cl2O2/c1-16(5-2-3-6-16)15(18)11-9-13-14(10-12(11)17)20-8-4-7-19-13/h9-10,15H,2-8H2,1H3. The molecule has 0 N–H and O–H groups in total. The maximum atomic E-state index is 6.76. The molecule has 1 heterocycles. The summed E-state index contributed by atoms with van der Waals surface area (Å²) in [4.78, 5) is 0. The van der Waals surface area contributed by atoms with Gasteiger partial charge in [-0.25, -0.2) is 0 Å². The Morgan fingerprint density at radius 3 is 2.30 bits per heavy atom. The van der Waals surface area contributed by atoms with Crippen LogP contribution in [0.25, 0.3) is 0 Å². The fourth-order valence-electron chi connectivity index (χ4n) is 3.21. The minimum absolute atomic E-state index is 0.0744. The lowest BCUT2D eigenvalue weighted by atomic mass is 9.81. The van der Waals surface area contributed by atoms with Gasteiger partial charge in [-0.2, -0.15) is 0 Å². The summed E-state index contributed by atoms with van der Waals surface area (Å²) in [7, 11) is 0. The van der Waals surface area contributed by atoms with Crippen LogP contribution in [0.1, 0.15) is 50.0 Å². The minimum Gasteiger partial charge on any atom is -0.490 e. The highest BCUT2D eigenvalue weighted by molar-refractivity contribution is 6.33. The molecule has 1 atom stereocenters. The molecule has 0 bridgehead atoms. The third-order valence-corrected chi connectivity index (χ3v) is 5.59. The molecular formula is C16H20Cl2O2. The molecule has 1 aliphatic heterocycles. The van der Waals surface area contributed by atoms with E-state index in [9.17, 15) is 0 Å². The van der Waals surface area contributed by atoms with E-state index in [0.29, 0.717) is 18.2 Å². The van der Waals surface area contributed by atoms with Gasteiger partial charge < -0.3 is 9.47 Å². The zero-order valence-electron chi connectivity index (χ0n) is 11.8. The summed E-state index contributed by atoms with van der Waals surface area (Å²) in [6.45, 7) is 3.61. The second-order valence-corrected chi connectivity index (χ2v) is 6.94. The highest BCUT2D eigenvalue weighted by Crippen LogP contribution is 2.53. The van der Waals surface area contributed by atoms with Gasteiger partial charge in [0.05, 0.1) is 18.6 Å². The first-order valence-electron chi connectivity index (χ1n) is 7.33. The molecule has 1 aromatic rings. The first kappa shape index (κ1) is 14.3. The third-order valence-electron chi connectivity index (χ3n) is 4.50. The van der Waals surface area contributed by atoms with Crippen molar-refractivity contribution in [2.75, 3.05) is 13.2 Å². The van der Waals surface area contributed by atoms with Gasteiger partial charge in [-0.3, -0.25) is 0 Å². The lowest BCUT2D eigenvalue weighted by molar-refractivity contribution is 0.296. The van der Waals surface area contributed by atoms with Gasteiger partial charge in [0.15, 0.2) is 11.5 Å². The van der Waals surface area contributed by atoms with Gasteiger partial charge in [-0.1, -0.05) is 31.4 Å². The fraction of sp³-hybridized carbons (Fsp3) is 0.625. The number of hydrogen-bond donors (Lipinski definition) is 0. The van der Waals surface area contributed by atoms with Crippen molar-refractivity contribution in [3.05, 3.63) is 22.7 Å². The Morgan fingerprint density at radius 2 is 1.65 bits per heavy atom. The Balaban J connectivity index is 1.95. The largest absolute Gasteiger partial charge is 0.490 e. The van der Waals surface area contributed by atoms with E-state index in [2.05, 4.69) is 6.92 Å². The zero-order valence-corrected chi connectivity index (χ0v) is 13.3. The normalized spacial score (nSPS) is 22.4. The van der Waals surface area contributed by atoms with Crippen LogP contribution < -0.4 is 9.47 Å². The van der Waals surface area contributed by atoms with Gasteiger partial charge in [-0.05, 0) is 29.9 Å². The molecule has 1 aromatic carbocycles. The second-order valence-electron chi connectivity index (χ2n) is 6.09. The Morgan fingerprint density at radius 1 is 1.05 bits per heavy atom. The first-order valence-corrected chi connectivity index (χ1v) is 8.15. The van der Waals surface area contributed by atoms with Gasteiger partial charge >= 0.3 is 0 Å². The molecule has 0 amide bonds. The SMILES string of the molecule is CC1(C(Cl)c2cc3c(cc2Cl)OCCCO3)CCCC1. The summed E-state index contributed by atoms with van der Waals surface area (Å²) in [6, 6.07) is 3.83.